The molecule has 27 heavy (non-hydrogen) atoms. The summed E-state index contributed by atoms with van der Waals surface area (Å²) in [6.45, 7) is 0.995. The van der Waals surface area contributed by atoms with Crippen LogP contribution in [0.25, 0.3) is 10.9 Å². The van der Waals surface area contributed by atoms with Gasteiger partial charge in [-0.3, -0.25) is 9.78 Å². The SMILES string of the molecule is O=C(Nc1cnc2ccccc2c1)C1CCC2(CC1)CNc1ccccc12. The van der Waals surface area contributed by atoms with Crippen LogP contribution in [0.3, 0.4) is 0 Å². The van der Waals surface area contributed by atoms with Gasteiger partial charge in [-0.05, 0) is 49.4 Å². The molecule has 1 amide bonds. The van der Waals surface area contributed by atoms with Crippen LogP contribution in [0, 0.1) is 5.92 Å². The lowest BCUT2D eigenvalue weighted by molar-refractivity contribution is -0.121. The van der Waals surface area contributed by atoms with Crippen molar-refractivity contribution in [3.05, 3.63) is 66.4 Å². The number of aromatic nitrogens is 1. The van der Waals surface area contributed by atoms with Gasteiger partial charge >= 0.3 is 0 Å². The number of amides is 1. The molecule has 1 aliphatic carbocycles. The van der Waals surface area contributed by atoms with Crippen LogP contribution in [0.4, 0.5) is 11.4 Å². The van der Waals surface area contributed by atoms with E-state index in [9.17, 15) is 4.79 Å². The van der Waals surface area contributed by atoms with Crippen molar-refractivity contribution in [3.63, 3.8) is 0 Å². The Balaban J connectivity index is 1.27. The van der Waals surface area contributed by atoms with E-state index in [1.165, 1.54) is 11.3 Å². The third-order valence-corrected chi connectivity index (χ3v) is 6.29. The summed E-state index contributed by atoms with van der Waals surface area (Å²) in [4.78, 5) is 17.2. The lowest BCUT2D eigenvalue weighted by Crippen LogP contribution is -2.37. The number of anilines is 2. The maximum absolute atomic E-state index is 12.8. The minimum atomic E-state index is 0.0786. The second-order valence-corrected chi connectivity index (χ2v) is 7.86. The van der Waals surface area contributed by atoms with Gasteiger partial charge in [0, 0.05) is 29.0 Å². The first kappa shape index (κ1) is 16.3. The quantitative estimate of drug-likeness (QED) is 0.697. The molecule has 0 bridgehead atoms. The smallest absolute Gasteiger partial charge is 0.227 e. The molecule has 2 aliphatic rings. The Morgan fingerprint density at radius 1 is 1.07 bits per heavy atom. The Morgan fingerprint density at radius 3 is 2.74 bits per heavy atom. The third kappa shape index (κ3) is 2.85. The zero-order chi connectivity index (χ0) is 18.3. The maximum atomic E-state index is 12.8. The lowest BCUT2D eigenvalue weighted by atomic mass is 9.67. The Bertz CT molecular complexity index is 1010. The molecule has 5 rings (SSSR count). The van der Waals surface area contributed by atoms with Crippen LogP contribution in [0.1, 0.15) is 31.2 Å². The molecule has 0 radical (unpaired) electrons. The molecule has 1 aliphatic heterocycles. The van der Waals surface area contributed by atoms with Gasteiger partial charge in [-0.2, -0.15) is 0 Å². The molecular formula is C23H23N3O. The number of fused-ring (bicyclic) bond motifs is 3. The molecule has 2 heterocycles. The van der Waals surface area contributed by atoms with E-state index in [1.807, 2.05) is 30.3 Å². The van der Waals surface area contributed by atoms with E-state index in [2.05, 4.69) is 39.9 Å². The summed E-state index contributed by atoms with van der Waals surface area (Å²) in [5, 5.41) is 7.69. The average Bonchev–Trinajstić information content (AvgIpc) is 3.07. The van der Waals surface area contributed by atoms with Gasteiger partial charge in [0.2, 0.25) is 5.91 Å². The molecule has 2 N–H and O–H groups in total. The molecule has 136 valence electrons. The number of nitrogens with zero attached hydrogens (tertiary/aromatic N) is 1. The van der Waals surface area contributed by atoms with Gasteiger partial charge in [0.15, 0.2) is 0 Å². The molecule has 4 heteroatoms. The predicted molar refractivity (Wildman–Crippen MR) is 109 cm³/mol. The van der Waals surface area contributed by atoms with Crippen molar-refractivity contribution in [3.8, 4) is 0 Å². The highest BCUT2D eigenvalue weighted by molar-refractivity contribution is 5.94. The molecule has 1 fully saturated rings. The Hall–Kier alpha value is -2.88. The van der Waals surface area contributed by atoms with Crippen LogP contribution in [-0.4, -0.2) is 17.4 Å². The van der Waals surface area contributed by atoms with E-state index < -0.39 is 0 Å². The van der Waals surface area contributed by atoms with E-state index in [4.69, 9.17) is 0 Å². The molecular weight excluding hydrogens is 334 g/mol. The number of benzene rings is 2. The van der Waals surface area contributed by atoms with Crippen molar-refractivity contribution in [2.75, 3.05) is 17.2 Å². The number of pyridine rings is 1. The minimum Gasteiger partial charge on any atom is -0.384 e. The lowest BCUT2D eigenvalue weighted by Gasteiger charge is -2.36. The van der Waals surface area contributed by atoms with Crippen LogP contribution >= 0.6 is 0 Å². The number of hydrogen-bond donors (Lipinski definition) is 2. The molecule has 2 aromatic carbocycles. The number of carbonyl (C=O) groups is 1. The minimum absolute atomic E-state index is 0.0786. The van der Waals surface area contributed by atoms with Crippen molar-refractivity contribution >= 4 is 28.2 Å². The topological polar surface area (TPSA) is 54.0 Å². The van der Waals surface area contributed by atoms with Crippen molar-refractivity contribution in [1.29, 1.82) is 0 Å². The monoisotopic (exact) mass is 357 g/mol. The fraction of sp³-hybridized carbons (Fsp3) is 0.304. The molecule has 1 aromatic heterocycles. The summed E-state index contributed by atoms with van der Waals surface area (Å²) in [6, 6.07) is 18.6. The highest BCUT2D eigenvalue weighted by Crippen LogP contribution is 2.47. The Morgan fingerprint density at radius 2 is 1.85 bits per heavy atom. The van der Waals surface area contributed by atoms with E-state index in [0.717, 1.165) is 48.8 Å². The largest absolute Gasteiger partial charge is 0.384 e. The first-order valence-corrected chi connectivity index (χ1v) is 9.73. The predicted octanol–water partition coefficient (Wildman–Crippen LogP) is 4.73. The highest BCUT2D eigenvalue weighted by Gasteiger charge is 2.42. The number of hydrogen-bond acceptors (Lipinski definition) is 3. The van der Waals surface area contributed by atoms with Crippen LogP contribution in [0.2, 0.25) is 0 Å². The second kappa shape index (κ2) is 6.38. The summed E-state index contributed by atoms with van der Waals surface area (Å²) in [5.74, 6) is 0.205. The van der Waals surface area contributed by atoms with Crippen molar-refractivity contribution in [2.24, 2.45) is 5.92 Å². The summed E-state index contributed by atoms with van der Waals surface area (Å²) in [5.41, 5.74) is 4.64. The van der Waals surface area contributed by atoms with Gasteiger partial charge in [0.1, 0.15) is 0 Å². The third-order valence-electron chi connectivity index (χ3n) is 6.29. The molecule has 3 aromatic rings. The zero-order valence-corrected chi connectivity index (χ0v) is 15.2. The van der Waals surface area contributed by atoms with Crippen LogP contribution < -0.4 is 10.6 Å². The molecule has 0 unspecified atom stereocenters. The van der Waals surface area contributed by atoms with E-state index in [-0.39, 0.29) is 17.2 Å². The number of rotatable bonds is 2. The van der Waals surface area contributed by atoms with Crippen LogP contribution in [-0.2, 0) is 10.2 Å². The van der Waals surface area contributed by atoms with E-state index in [1.54, 1.807) is 6.20 Å². The first-order chi connectivity index (χ1) is 13.2. The van der Waals surface area contributed by atoms with E-state index in [0.29, 0.717) is 0 Å². The second-order valence-electron chi connectivity index (χ2n) is 7.86. The molecule has 0 saturated heterocycles. The first-order valence-electron chi connectivity index (χ1n) is 9.73. The molecule has 0 atom stereocenters. The van der Waals surface area contributed by atoms with E-state index >= 15 is 0 Å². The normalized spacial score (nSPS) is 23.8. The average molecular weight is 357 g/mol. The summed E-state index contributed by atoms with van der Waals surface area (Å²) in [6.07, 6.45) is 5.74. The maximum Gasteiger partial charge on any atom is 0.227 e. The number of para-hydroxylation sites is 2. The molecule has 1 spiro atoms. The Kier molecular flexibility index (Phi) is 3.85. The number of nitrogens with one attached hydrogen (secondary N) is 2. The van der Waals surface area contributed by atoms with Crippen LogP contribution in [0.5, 0.6) is 0 Å². The van der Waals surface area contributed by atoms with Crippen LogP contribution in [0.15, 0.2) is 60.8 Å². The Labute approximate surface area is 159 Å². The van der Waals surface area contributed by atoms with Gasteiger partial charge in [-0.15, -0.1) is 0 Å². The fourth-order valence-corrected chi connectivity index (χ4v) is 4.72. The highest BCUT2D eigenvalue weighted by atomic mass is 16.1. The fourth-order valence-electron chi connectivity index (χ4n) is 4.72. The van der Waals surface area contributed by atoms with Crippen molar-refractivity contribution < 1.29 is 4.79 Å². The van der Waals surface area contributed by atoms with Gasteiger partial charge in [0.05, 0.1) is 17.4 Å². The van der Waals surface area contributed by atoms with Gasteiger partial charge in [-0.25, -0.2) is 0 Å². The standard InChI is InChI=1S/C23H23N3O/c27-22(26-18-13-17-5-1-3-7-20(17)24-14-18)16-9-11-23(12-10-16)15-25-21-8-4-2-6-19(21)23/h1-8,13-14,16,25H,9-12,15H2,(H,26,27). The van der Waals surface area contributed by atoms with Gasteiger partial charge in [-0.1, -0.05) is 36.4 Å². The zero-order valence-electron chi connectivity index (χ0n) is 15.2. The summed E-state index contributed by atoms with van der Waals surface area (Å²) in [7, 11) is 0. The van der Waals surface area contributed by atoms with Crippen molar-refractivity contribution in [1.82, 2.24) is 4.98 Å². The van der Waals surface area contributed by atoms with Gasteiger partial charge in [0.25, 0.3) is 0 Å². The van der Waals surface area contributed by atoms with Gasteiger partial charge < -0.3 is 10.6 Å². The van der Waals surface area contributed by atoms with Crippen molar-refractivity contribution in [2.45, 2.75) is 31.1 Å². The molecule has 1 saturated carbocycles. The molecule has 4 nitrogen and oxygen atoms in total. The number of carbonyl (C=O) groups excluding carboxylic acids is 1. The summed E-state index contributed by atoms with van der Waals surface area (Å²) >= 11 is 0. The summed E-state index contributed by atoms with van der Waals surface area (Å²) < 4.78 is 0.